The van der Waals surface area contributed by atoms with Gasteiger partial charge in [-0.1, -0.05) is 12.8 Å². The minimum atomic E-state index is -3.56. The van der Waals surface area contributed by atoms with Crippen molar-refractivity contribution in [3.63, 3.8) is 0 Å². The van der Waals surface area contributed by atoms with E-state index in [0.717, 1.165) is 31.2 Å². The van der Waals surface area contributed by atoms with E-state index in [-0.39, 0.29) is 29.4 Å². The van der Waals surface area contributed by atoms with Gasteiger partial charge in [-0.2, -0.15) is 4.31 Å². The number of anilines is 1. The summed E-state index contributed by atoms with van der Waals surface area (Å²) in [4.78, 5) is 11.7. The fraction of sp³-hybridized carbons (Fsp3) is 0.562. The molecule has 0 radical (unpaired) electrons. The number of benzene rings is 1. The molecule has 0 aromatic heterocycles. The molecular weight excluding hydrogens is 316 g/mol. The van der Waals surface area contributed by atoms with Crippen LogP contribution >= 0.6 is 0 Å². The molecule has 6 nitrogen and oxygen atoms in total. The van der Waals surface area contributed by atoms with Crippen molar-refractivity contribution in [2.24, 2.45) is 0 Å². The SMILES string of the molecule is O=C1Cc2cc(S(=O)(=O)N3CCO[C@@H]4CCCC[C@@H]43)ccc2N1. The van der Waals surface area contributed by atoms with Crippen LogP contribution in [0.1, 0.15) is 31.2 Å². The molecule has 3 aliphatic rings. The Morgan fingerprint density at radius 3 is 2.91 bits per heavy atom. The van der Waals surface area contributed by atoms with E-state index in [2.05, 4.69) is 5.32 Å². The molecule has 0 bridgehead atoms. The van der Waals surface area contributed by atoms with Crippen molar-refractivity contribution in [3.05, 3.63) is 23.8 Å². The molecule has 1 saturated heterocycles. The Bertz CT molecular complexity index is 744. The molecule has 124 valence electrons. The number of sulfonamides is 1. The molecule has 0 unspecified atom stereocenters. The summed E-state index contributed by atoms with van der Waals surface area (Å²) in [7, 11) is -3.56. The smallest absolute Gasteiger partial charge is 0.243 e. The summed E-state index contributed by atoms with van der Waals surface area (Å²) >= 11 is 0. The number of nitrogens with one attached hydrogen (secondary N) is 1. The lowest BCUT2D eigenvalue weighted by Crippen LogP contribution is -2.54. The molecule has 2 atom stereocenters. The number of morpholine rings is 1. The number of fused-ring (bicyclic) bond motifs is 2. The quantitative estimate of drug-likeness (QED) is 0.888. The van der Waals surface area contributed by atoms with E-state index in [1.807, 2.05) is 0 Å². The molecule has 23 heavy (non-hydrogen) atoms. The Hall–Kier alpha value is -1.44. The van der Waals surface area contributed by atoms with Gasteiger partial charge in [-0.15, -0.1) is 0 Å². The first-order valence-corrected chi connectivity index (χ1v) is 9.56. The molecule has 0 spiro atoms. The molecule has 1 aromatic rings. The van der Waals surface area contributed by atoms with Crippen LogP contribution < -0.4 is 5.32 Å². The maximum absolute atomic E-state index is 13.1. The molecular formula is C16H20N2O4S. The number of ether oxygens (including phenoxy) is 1. The third-order valence-corrected chi connectivity index (χ3v) is 6.91. The van der Waals surface area contributed by atoms with E-state index < -0.39 is 10.0 Å². The van der Waals surface area contributed by atoms with Gasteiger partial charge in [-0.25, -0.2) is 8.42 Å². The number of carbonyl (C=O) groups is 1. The molecule has 1 aliphatic carbocycles. The van der Waals surface area contributed by atoms with Gasteiger partial charge >= 0.3 is 0 Å². The molecule has 2 aliphatic heterocycles. The molecule has 1 saturated carbocycles. The van der Waals surface area contributed by atoms with Gasteiger partial charge in [0.15, 0.2) is 0 Å². The highest BCUT2D eigenvalue weighted by atomic mass is 32.2. The number of hydrogen-bond donors (Lipinski definition) is 1. The van der Waals surface area contributed by atoms with E-state index in [4.69, 9.17) is 4.74 Å². The Labute approximate surface area is 135 Å². The molecule has 7 heteroatoms. The standard InChI is InChI=1S/C16H20N2O4S/c19-16-10-11-9-12(5-6-13(11)17-16)23(20,21)18-7-8-22-15-4-2-1-3-14(15)18/h5-6,9,14-15H,1-4,7-8,10H2,(H,17,19)/t14-,15+/m0/s1. The summed E-state index contributed by atoms with van der Waals surface area (Å²) in [6.07, 6.45) is 4.19. The van der Waals surface area contributed by atoms with Crippen LogP contribution in [0.3, 0.4) is 0 Å². The summed E-state index contributed by atoms with van der Waals surface area (Å²) in [5.74, 6) is -0.0896. The molecule has 1 N–H and O–H groups in total. The van der Waals surface area contributed by atoms with Crippen molar-refractivity contribution in [2.75, 3.05) is 18.5 Å². The van der Waals surface area contributed by atoms with Gasteiger partial charge in [-0.3, -0.25) is 4.79 Å². The molecule has 1 aromatic carbocycles. The second kappa shape index (κ2) is 5.58. The van der Waals surface area contributed by atoms with Crippen LogP contribution in [-0.2, 0) is 26.0 Å². The molecule has 2 fully saturated rings. The predicted octanol–water partition coefficient (Wildman–Crippen LogP) is 1.51. The van der Waals surface area contributed by atoms with Gasteiger partial charge in [0.1, 0.15) is 0 Å². The Kier molecular flexibility index (Phi) is 3.66. The van der Waals surface area contributed by atoms with Gasteiger partial charge in [0, 0.05) is 12.2 Å². The minimum absolute atomic E-state index is 0.0185. The molecule has 4 rings (SSSR count). The lowest BCUT2D eigenvalue weighted by molar-refractivity contribution is -0.115. The third kappa shape index (κ3) is 2.56. The first-order valence-electron chi connectivity index (χ1n) is 8.12. The van der Waals surface area contributed by atoms with Crippen molar-refractivity contribution in [1.82, 2.24) is 4.31 Å². The highest BCUT2D eigenvalue weighted by molar-refractivity contribution is 7.89. The van der Waals surface area contributed by atoms with Gasteiger partial charge < -0.3 is 10.1 Å². The first kappa shape index (κ1) is 15.1. The zero-order valence-electron chi connectivity index (χ0n) is 12.8. The normalized spacial score (nSPS) is 28.1. The fourth-order valence-corrected chi connectivity index (χ4v) is 5.58. The van der Waals surface area contributed by atoms with Gasteiger partial charge in [-0.05, 0) is 36.6 Å². The first-order chi connectivity index (χ1) is 11.1. The average Bonchev–Trinajstić information content (AvgIpc) is 2.93. The summed E-state index contributed by atoms with van der Waals surface area (Å²) < 4.78 is 33.6. The average molecular weight is 336 g/mol. The van der Waals surface area contributed by atoms with Crippen molar-refractivity contribution in [1.29, 1.82) is 0 Å². The predicted molar refractivity (Wildman–Crippen MR) is 84.7 cm³/mol. The zero-order chi connectivity index (χ0) is 16.0. The van der Waals surface area contributed by atoms with Gasteiger partial charge in [0.2, 0.25) is 15.9 Å². The van der Waals surface area contributed by atoms with E-state index in [1.54, 1.807) is 22.5 Å². The molecule has 1 amide bonds. The third-order valence-electron chi connectivity index (χ3n) is 4.99. The van der Waals surface area contributed by atoms with E-state index in [1.165, 1.54) is 0 Å². The maximum Gasteiger partial charge on any atom is 0.243 e. The van der Waals surface area contributed by atoms with Crippen molar-refractivity contribution >= 4 is 21.6 Å². The van der Waals surface area contributed by atoms with E-state index in [9.17, 15) is 13.2 Å². The van der Waals surface area contributed by atoms with Crippen LogP contribution in [0.2, 0.25) is 0 Å². The Morgan fingerprint density at radius 1 is 1.22 bits per heavy atom. The Balaban J connectivity index is 1.67. The summed E-state index contributed by atoms with van der Waals surface area (Å²) in [5, 5.41) is 2.73. The number of carbonyl (C=O) groups excluding carboxylic acids is 1. The summed E-state index contributed by atoms with van der Waals surface area (Å²) in [5.41, 5.74) is 1.47. The second-order valence-electron chi connectivity index (χ2n) is 6.42. The number of nitrogens with zero attached hydrogens (tertiary/aromatic N) is 1. The van der Waals surface area contributed by atoms with Crippen LogP contribution in [0.25, 0.3) is 0 Å². The van der Waals surface area contributed by atoms with E-state index in [0.29, 0.717) is 18.8 Å². The van der Waals surface area contributed by atoms with Crippen LogP contribution in [0, 0.1) is 0 Å². The van der Waals surface area contributed by atoms with Crippen molar-refractivity contribution in [3.8, 4) is 0 Å². The lowest BCUT2D eigenvalue weighted by atomic mass is 9.91. The van der Waals surface area contributed by atoms with Crippen LogP contribution in [-0.4, -0.2) is 43.9 Å². The summed E-state index contributed by atoms with van der Waals surface area (Å²) in [6.45, 7) is 0.850. The van der Waals surface area contributed by atoms with Gasteiger partial charge in [0.05, 0.1) is 30.1 Å². The highest BCUT2D eigenvalue weighted by Crippen LogP contribution is 2.34. The maximum atomic E-state index is 13.1. The lowest BCUT2D eigenvalue weighted by Gasteiger charge is -2.42. The highest BCUT2D eigenvalue weighted by Gasteiger charge is 2.41. The monoisotopic (exact) mass is 336 g/mol. The topological polar surface area (TPSA) is 75.7 Å². The zero-order valence-corrected chi connectivity index (χ0v) is 13.6. The van der Waals surface area contributed by atoms with Crippen LogP contribution in [0.5, 0.6) is 0 Å². The van der Waals surface area contributed by atoms with Gasteiger partial charge in [0.25, 0.3) is 0 Å². The number of amides is 1. The largest absolute Gasteiger partial charge is 0.375 e. The fourth-order valence-electron chi connectivity index (χ4n) is 3.86. The molecule has 2 heterocycles. The number of hydrogen-bond acceptors (Lipinski definition) is 4. The van der Waals surface area contributed by atoms with Crippen molar-refractivity contribution < 1.29 is 17.9 Å². The van der Waals surface area contributed by atoms with Crippen LogP contribution in [0.15, 0.2) is 23.1 Å². The Morgan fingerprint density at radius 2 is 2.04 bits per heavy atom. The van der Waals surface area contributed by atoms with E-state index >= 15 is 0 Å². The van der Waals surface area contributed by atoms with Crippen molar-refractivity contribution in [2.45, 2.75) is 49.1 Å². The second-order valence-corrected chi connectivity index (χ2v) is 8.31. The minimum Gasteiger partial charge on any atom is -0.375 e. The van der Waals surface area contributed by atoms with Crippen LogP contribution in [0.4, 0.5) is 5.69 Å². The number of rotatable bonds is 2. The summed E-state index contributed by atoms with van der Waals surface area (Å²) in [6, 6.07) is 4.85.